The van der Waals surface area contributed by atoms with Crippen LogP contribution in [0.5, 0.6) is 5.75 Å². The summed E-state index contributed by atoms with van der Waals surface area (Å²) < 4.78 is 34.9. The molecule has 0 atom stereocenters. The summed E-state index contributed by atoms with van der Waals surface area (Å²) in [7, 11) is -2.09. The summed E-state index contributed by atoms with van der Waals surface area (Å²) in [6, 6.07) is 13.3. The third kappa shape index (κ3) is 3.63. The maximum absolute atomic E-state index is 13.1. The van der Waals surface area contributed by atoms with Gasteiger partial charge in [0.1, 0.15) is 10.6 Å². The number of methoxy groups -OCH3 is 1. The molecule has 0 unspecified atom stereocenters. The molecule has 1 aromatic carbocycles. The van der Waals surface area contributed by atoms with Crippen molar-refractivity contribution in [1.82, 2.24) is 18.8 Å². The number of ether oxygens (including phenoxy) is 1. The van der Waals surface area contributed by atoms with Crippen LogP contribution in [0.1, 0.15) is 11.3 Å². The lowest BCUT2D eigenvalue weighted by molar-refractivity contribution is 0.179. The molecule has 2 aromatic heterocycles. The second kappa shape index (κ2) is 7.54. The van der Waals surface area contributed by atoms with E-state index in [0.717, 1.165) is 16.8 Å². The van der Waals surface area contributed by atoms with Gasteiger partial charge in [-0.1, -0.05) is 12.1 Å². The summed E-state index contributed by atoms with van der Waals surface area (Å²) in [6.45, 7) is 4.83. The van der Waals surface area contributed by atoms with Crippen molar-refractivity contribution in [3.63, 3.8) is 0 Å². The number of pyridine rings is 1. The molecule has 7 nitrogen and oxygen atoms in total. The van der Waals surface area contributed by atoms with Gasteiger partial charge < -0.3 is 4.74 Å². The molecule has 1 saturated heterocycles. The third-order valence-electron chi connectivity index (χ3n) is 5.07. The lowest BCUT2D eigenvalue weighted by atomic mass is 10.2. The fourth-order valence-electron chi connectivity index (χ4n) is 3.55. The van der Waals surface area contributed by atoms with E-state index in [4.69, 9.17) is 4.74 Å². The summed E-state index contributed by atoms with van der Waals surface area (Å²) in [5.74, 6) is 0.387. The van der Waals surface area contributed by atoms with Gasteiger partial charge in [0, 0.05) is 38.9 Å². The number of benzene rings is 1. The molecule has 0 saturated carbocycles. The van der Waals surface area contributed by atoms with Crippen LogP contribution in [0.15, 0.2) is 53.6 Å². The van der Waals surface area contributed by atoms with Gasteiger partial charge in [-0.3, -0.25) is 4.90 Å². The van der Waals surface area contributed by atoms with Crippen LogP contribution in [-0.4, -0.2) is 60.5 Å². The summed E-state index contributed by atoms with van der Waals surface area (Å²) in [5, 5.41) is 4.58. The third-order valence-corrected chi connectivity index (χ3v) is 6.99. The van der Waals surface area contributed by atoms with Crippen molar-refractivity contribution in [2.45, 2.75) is 18.4 Å². The number of rotatable bonds is 5. The van der Waals surface area contributed by atoms with Crippen molar-refractivity contribution >= 4 is 15.5 Å². The molecule has 0 amide bonds. The Morgan fingerprint density at radius 1 is 1.07 bits per heavy atom. The van der Waals surface area contributed by atoms with Crippen LogP contribution in [0.3, 0.4) is 0 Å². The lowest BCUT2D eigenvalue weighted by Gasteiger charge is -2.33. The highest BCUT2D eigenvalue weighted by Gasteiger charge is 2.31. The zero-order valence-electron chi connectivity index (χ0n) is 16.1. The van der Waals surface area contributed by atoms with Crippen LogP contribution in [0.25, 0.3) is 5.52 Å². The minimum Gasteiger partial charge on any atom is -0.495 e. The first-order valence-corrected chi connectivity index (χ1v) is 10.7. The average molecular weight is 401 g/mol. The number of sulfonamides is 1. The van der Waals surface area contributed by atoms with Crippen molar-refractivity contribution in [2.24, 2.45) is 0 Å². The van der Waals surface area contributed by atoms with E-state index < -0.39 is 10.0 Å². The van der Waals surface area contributed by atoms with Crippen molar-refractivity contribution in [3.8, 4) is 5.75 Å². The van der Waals surface area contributed by atoms with E-state index in [1.54, 1.807) is 16.4 Å². The van der Waals surface area contributed by atoms with Gasteiger partial charge in [0.2, 0.25) is 10.0 Å². The number of hydrogen-bond acceptors (Lipinski definition) is 5. The van der Waals surface area contributed by atoms with E-state index >= 15 is 0 Å². The van der Waals surface area contributed by atoms with Crippen molar-refractivity contribution in [3.05, 3.63) is 59.9 Å². The number of hydrogen-bond donors (Lipinski definition) is 0. The minimum absolute atomic E-state index is 0.240. The molecule has 0 radical (unpaired) electrons. The first-order valence-electron chi connectivity index (χ1n) is 9.28. The molecule has 1 aliphatic heterocycles. The van der Waals surface area contributed by atoms with E-state index in [9.17, 15) is 8.42 Å². The maximum atomic E-state index is 13.1. The van der Waals surface area contributed by atoms with Gasteiger partial charge >= 0.3 is 0 Å². The Hall–Kier alpha value is -2.42. The smallest absolute Gasteiger partial charge is 0.246 e. The van der Waals surface area contributed by atoms with Crippen LogP contribution in [0, 0.1) is 6.92 Å². The molecule has 148 valence electrons. The SMILES string of the molecule is COc1ccc(C)cc1S(=O)(=O)N1CCN(Cc2cc3ccccn3n2)CC1. The quantitative estimate of drug-likeness (QED) is 0.657. The van der Waals surface area contributed by atoms with Gasteiger partial charge in [0.05, 0.1) is 18.3 Å². The molecule has 8 heteroatoms. The van der Waals surface area contributed by atoms with Crippen molar-refractivity contribution < 1.29 is 13.2 Å². The zero-order chi connectivity index (χ0) is 19.7. The first-order chi connectivity index (χ1) is 13.5. The van der Waals surface area contributed by atoms with Crippen LogP contribution in [0.2, 0.25) is 0 Å². The molecule has 0 spiro atoms. The molecule has 3 heterocycles. The fourth-order valence-corrected chi connectivity index (χ4v) is 5.21. The Morgan fingerprint density at radius 2 is 1.86 bits per heavy atom. The summed E-state index contributed by atoms with van der Waals surface area (Å²) >= 11 is 0. The normalized spacial score (nSPS) is 16.5. The van der Waals surface area contributed by atoms with E-state index in [2.05, 4.69) is 16.1 Å². The summed E-state index contributed by atoms with van der Waals surface area (Å²) in [6.07, 6.45) is 1.93. The van der Waals surface area contributed by atoms with Gasteiger partial charge in [0.25, 0.3) is 0 Å². The largest absolute Gasteiger partial charge is 0.495 e. The Kier molecular flexibility index (Phi) is 5.09. The van der Waals surface area contributed by atoms with E-state index in [-0.39, 0.29) is 4.90 Å². The van der Waals surface area contributed by atoms with E-state index in [1.165, 1.54) is 7.11 Å². The second-order valence-corrected chi connectivity index (χ2v) is 8.95. The Balaban J connectivity index is 1.45. The fraction of sp³-hybridized carbons (Fsp3) is 0.350. The Labute approximate surface area is 165 Å². The number of fused-ring (bicyclic) bond motifs is 1. The van der Waals surface area contributed by atoms with Gasteiger partial charge in [-0.2, -0.15) is 9.40 Å². The molecule has 3 aromatic rings. The highest BCUT2D eigenvalue weighted by atomic mass is 32.2. The van der Waals surface area contributed by atoms with Crippen LogP contribution in [0.4, 0.5) is 0 Å². The molecule has 0 bridgehead atoms. The monoisotopic (exact) mass is 400 g/mol. The second-order valence-electron chi connectivity index (χ2n) is 7.04. The van der Waals surface area contributed by atoms with E-state index in [1.807, 2.05) is 41.9 Å². The lowest BCUT2D eigenvalue weighted by Crippen LogP contribution is -2.48. The standard InChI is InChI=1S/C20H24N4O3S/c1-16-6-7-19(27-2)20(13-16)28(25,26)23-11-9-22(10-12-23)15-17-14-18-5-3-4-8-24(18)21-17/h3-8,13-14H,9-12,15H2,1-2H3. The number of aromatic nitrogens is 2. The molecular weight excluding hydrogens is 376 g/mol. The van der Waals surface area contributed by atoms with E-state index in [0.29, 0.717) is 38.5 Å². The molecule has 4 rings (SSSR count). The van der Waals surface area contributed by atoms with Gasteiger partial charge in [0.15, 0.2) is 0 Å². The number of piperazine rings is 1. The predicted molar refractivity (Wildman–Crippen MR) is 107 cm³/mol. The minimum atomic E-state index is -3.58. The highest BCUT2D eigenvalue weighted by molar-refractivity contribution is 7.89. The maximum Gasteiger partial charge on any atom is 0.246 e. The van der Waals surface area contributed by atoms with Crippen LogP contribution in [-0.2, 0) is 16.6 Å². The van der Waals surface area contributed by atoms with Crippen molar-refractivity contribution in [1.29, 1.82) is 0 Å². The van der Waals surface area contributed by atoms with Crippen LogP contribution >= 0.6 is 0 Å². The summed E-state index contributed by atoms with van der Waals surface area (Å²) in [4.78, 5) is 2.48. The zero-order valence-corrected chi connectivity index (χ0v) is 16.9. The molecular formula is C20H24N4O3S. The molecule has 1 aliphatic rings. The Morgan fingerprint density at radius 3 is 2.57 bits per heavy atom. The van der Waals surface area contributed by atoms with Gasteiger partial charge in [-0.05, 0) is 42.8 Å². The van der Waals surface area contributed by atoms with Crippen molar-refractivity contribution in [2.75, 3.05) is 33.3 Å². The topological polar surface area (TPSA) is 67.2 Å². The van der Waals surface area contributed by atoms with Gasteiger partial charge in [-0.25, -0.2) is 12.9 Å². The molecule has 0 N–H and O–H groups in total. The Bertz CT molecular complexity index is 1050. The predicted octanol–water partition coefficient (Wildman–Crippen LogP) is 2.16. The highest BCUT2D eigenvalue weighted by Crippen LogP contribution is 2.28. The molecule has 28 heavy (non-hydrogen) atoms. The number of aryl methyl sites for hydroxylation is 1. The van der Waals surface area contributed by atoms with Crippen LogP contribution < -0.4 is 4.74 Å². The molecule has 1 fully saturated rings. The molecule has 0 aliphatic carbocycles. The number of nitrogens with zero attached hydrogens (tertiary/aromatic N) is 4. The first kappa shape index (κ1) is 18.9. The van der Waals surface area contributed by atoms with Gasteiger partial charge in [-0.15, -0.1) is 0 Å². The average Bonchev–Trinajstić information content (AvgIpc) is 3.10. The summed E-state index contributed by atoms with van der Waals surface area (Å²) in [5.41, 5.74) is 2.94.